The monoisotopic (exact) mass is 334 g/mol. The molecule has 5 heteroatoms. The molecule has 0 unspecified atom stereocenters. The summed E-state index contributed by atoms with van der Waals surface area (Å²) in [6, 6.07) is 10.8. The largest absolute Gasteiger partial charge is 0.487 e. The molecular weight excluding hydrogens is 320 g/mol. The first-order valence-electron chi connectivity index (χ1n) is 6.04. The molecule has 4 nitrogen and oxygen atoms in total. The second-order valence-electron chi connectivity index (χ2n) is 4.48. The van der Waals surface area contributed by atoms with E-state index >= 15 is 0 Å². The highest BCUT2D eigenvalue weighted by molar-refractivity contribution is 9.10. The van der Waals surface area contributed by atoms with E-state index in [9.17, 15) is 4.79 Å². The Kier molecular flexibility index (Phi) is 4.29. The van der Waals surface area contributed by atoms with Crippen molar-refractivity contribution in [2.75, 3.05) is 5.73 Å². The molecule has 0 aromatic heterocycles. The Hall–Kier alpha value is -2.01. The van der Waals surface area contributed by atoms with E-state index in [1.165, 1.54) is 0 Å². The number of rotatable bonds is 4. The highest BCUT2D eigenvalue weighted by Gasteiger charge is 2.06. The zero-order valence-corrected chi connectivity index (χ0v) is 12.6. The molecule has 0 heterocycles. The molecule has 20 heavy (non-hydrogen) atoms. The third-order valence-electron chi connectivity index (χ3n) is 2.98. The number of nitrogen functional groups attached to an aromatic ring is 1. The maximum absolute atomic E-state index is 11.1. The van der Waals surface area contributed by atoms with Crippen molar-refractivity contribution in [2.45, 2.75) is 13.5 Å². The minimum atomic E-state index is -0.433. The molecule has 0 saturated carbocycles. The predicted molar refractivity (Wildman–Crippen MR) is 82.6 cm³/mol. The third-order valence-corrected chi connectivity index (χ3v) is 3.48. The van der Waals surface area contributed by atoms with Gasteiger partial charge in [-0.05, 0) is 48.4 Å². The first-order valence-corrected chi connectivity index (χ1v) is 6.84. The van der Waals surface area contributed by atoms with Crippen molar-refractivity contribution in [3.8, 4) is 5.75 Å². The average molecular weight is 335 g/mol. The summed E-state index contributed by atoms with van der Waals surface area (Å²) in [6.07, 6.45) is 0. The summed E-state index contributed by atoms with van der Waals surface area (Å²) in [5.74, 6) is 0.198. The number of benzene rings is 2. The van der Waals surface area contributed by atoms with Crippen LogP contribution in [0.4, 0.5) is 5.69 Å². The fraction of sp³-hybridized carbons (Fsp3) is 0.133. The standard InChI is InChI=1S/C15H15BrN2O2/c1-9-6-10(15(18)19)2-3-11(9)8-20-14-5-4-12(16)7-13(14)17/h2-7H,8,17H2,1H3,(H2,18,19). The van der Waals surface area contributed by atoms with Crippen LogP contribution in [0.1, 0.15) is 21.5 Å². The lowest BCUT2D eigenvalue weighted by Gasteiger charge is -2.11. The molecule has 2 aromatic carbocycles. The summed E-state index contributed by atoms with van der Waals surface area (Å²) in [7, 11) is 0. The van der Waals surface area contributed by atoms with Gasteiger partial charge in [-0.25, -0.2) is 0 Å². The van der Waals surface area contributed by atoms with E-state index in [1.54, 1.807) is 18.2 Å². The van der Waals surface area contributed by atoms with Gasteiger partial charge < -0.3 is 16.2 Å². The van der Waals surface area contributed by atoms with Gasteiger partial charge in [-0.3, -0.25) is 4.79 Å². The van der Waals surface area contributed by atoms with Crippen LogP contribution >= 0.6 is 15.9 Å². The SMILES string of the molecule is Cc1cc(C(N)=O)ccc1COc1ccc(Br)cc1N. The number of halogens is 1. The number of aryl methyl sites for hydroxylation is 1. The van der Waals surface area contributed by atoms with Crippen LogP contribution < -0.4 is 16.2 Å². The second-order valence-corrected chi connectivity index (χ2v) is 5.39. The number of hydrogen-bond acceptors (Lipinski definition) is 3. The molecule has 0 aliphatic carbocycles. The Balaban J connectivity index is 2.13. The Bertz CT molecular complexity index is 656. The van der Waals surface area contributed by atoms with Crippen LogP contribution in [-0.2, 0) is 6.61 Å². The van der Waals surface area contributed by atoms with E-state index in [0.717, 1.165) is 15.6 Å². The normalized spacial score (nSPS) is 10.3. The van der Waals surface area contributed by atoms with Crippen molar-refractivity contribution < 1.29 is 9.53 Å². The van der Waals surface area contributed by atoms with Crippen molar-refractivity contribution >= 4 is 27.5 Å². The topological polar surface area (TPSA) is 78.3 Å². The van der Waals surface area contributed by atoms with E-state index in [0.29, 0.717) is 23.6 Å². The number of ether oxygens (including phenoxy) is 1. The Labute approximate surface area is 125 Å². The van der Waals surface area contributed by atoms with Crippen molar-refractivity contribution in [1.82, 2.24) is 0 Å². The lowest BCUT2D eigenvalue weighted by Crippen LogP contribution is -2.11. The van der Waals surface area contributed by atoms with Crippen LogP contribution in [0.2, 0.25) is 0 Å². The van der Waals surface area contributed by atoms with Gasteiger partial charge in [0.05, 0.1) is 5.69 Å². The number of primary amides is 1. The number of carbonyl (C=O) groups is 1. The van der Waals surface area contributed by atoms with E-state index < -0.39 is 5.91 Å². The first-order chi connectivity index (χ1) is 9.47. The molecule has 2 aromatic rings. The highest BCUT2D eigenvalue weighted by atomic mass is 79.9. The summed E-state index contributed by atoms with van der Waals surface area (Å²) >= 11 is 3.35. The van der Waals surface area contributed by atoms with E-state index in [1.807, 2.05) is 25.1 Å². The maximum Gasteiger partial charge on any atom is 0.248 e. The zero-order chi connectivity index (χ0) is 14.7. The zero-order valence-electron chi connectivity index (χ0n) is 11.0. The van der Waals surface area contributed by atoms with Crippen LogP contribution in [0.25, 0.3) is 0 Å². The third kappa shape index (κ3) is 3.30. The molecular formula is C15H15BrN2O2. The average Bonchev–Trinajstić information content (AvgIpc) is 2.38. The van der Waals surface area contributed by atoms with Crippen molar-refractivity contribution in [3.63, 3.8) is 0 Å². The molecule has 0 aliphatic heterocycles. The first kappa shape index (κ1) is 14.4. The van der Waals surface area contributed by atoms with E-state index in [4.69, 9.17) is 16.2 Å². The molecule has 2 rings (SSSR count). The summed E-state index contributed by atoms with van der Waals surface area (Å²) in [4.78, 5) is 11.1. The van der Waals surface area contributed by atoms with Gasteiger partial charge in [-0.15, -0.1) is 0 Å². The summed E-state index contributed by atoms with van der Waals surface area (Å²) in [6.45, 7) is 2.30. The lowest BCUT2D eigenvalue weighted by atomic mass is 10.1. The van der Waals surface area contributed by atoms with Gasteiger partial charge in [-0.2, -0.15) is 0 Å². The van der Waals surface area contributed by atoms with Gasteiger partial charge >= 0.3 is 0 Å². The molecule has 0 saturated heterocycles. The predicted octanol–water partition coefficient (Wildman–Crippen LogP) is 3.02. The Morgan fingerprint density at radius 1 is 1.25 bits per heavy atom. The molecule has 0 radical (unpaired) electrons. The number of carbonyl (C=O) groups excluding carboxylic acids is 1. The fourth-order valence-electron chi connectivity index (χ4n) is 1.82. The number of anilines is 1. The van der Waals surface area contributed by atoms with Crippen LogP contribution in [0.5, 0.6) is 5.75 Å². The highest BCUT2D eigenvalue weighted by Crippen LogP contribution is 2.26. The second kappa shape index (κ2) is 5.96. The Morgan fingerprint density at radius 3 is 2.60 bits per heavy atom. The quantitative estimate of drug-likeness (QED) is 0.843. The summed E-state index contributed by atoms with van der Waals surface area (Å²) in [5.41, 5.74) is 14.1. The smallest absolute Gasteiger partial charge is 0.248 e. The van der Waals surface area contributed by atoms with Crippen LogP contribution in [0, 0.1) is 6.92 Å². The molecule has 0 aliphatic rings. The van der Waals surface area contributed by atoms with E-state index in [-0.39, 0.29) is 0 Å². The van der Waals surface area contributed by atoms with E-state index in [2.05, 4.69) is 15.9 Å². The Morgan fingerprint density at radius 2 is 2.00 bits per heavy atom. The van der Waals surface area contributed by atoms with Crippen LogP contribution in [0.15, 0.2) is 40.9 Å². The van der Waals surface area contributed by atoms with Gasteiger partial charge in [0.2, 0.25) is 5.91 Å². The van der Waals surface area contributed by atoms with Crippen LogP contribution in [-0.4, -0.2) is 5.91 Å². The molecule has 0 spiro atoms. The van der Waals surface area contributed by atoms with Gasteiger partial charge in [0, 0.05) is 10.0 Å². The maximum atomic E-state index is 11.1. The van der Waals surface area contributed by atoms with Gasteiger partial charge in [-0.1, -0.05) is 22.0 Å². The summed E-state index contributed by atoms with van der Waals surface area (Å²) < 4.78 is 6.60. The molecule has 4 N–H and O–H groups in total. The van der Waals surface area contributed by atoms with Crippen molar-refractivity contribution in [2.24, 2.45) is 5.73 Å². The van der Waals surface area contributed by atoms with Crippen LogP contribution in [0.3, 0.4) is 0 Å². The number of amides is 1. The summed E-state index contributed by atoms with van der Waals surface area (Å²) in [5, 5.41) is 0. The lowest BCUT2D eigenvalue weighted by molar-refractivity contribution is 0.1000. The number of nitrogens with two attached hydrogens (primary N) is 2. The minimum Gasteiger partial charge on any atom is -0.487 e. The molecule has 0 bridgehead atoms. The van der Waals surface area contributed by atoms with Gasteiger partial charge in [0.1, 0.15) is 12.4 Å². The number of hydrogen-bond donors (Lipinski definition) is 2. The van der Waals surface area contributed by atoms with Gasteiger partial charge in [0.15, 0.2) is 0 Å². The van der Waals surface area contributed by atoms with Crippen molar-refractivity contribution in [3.05, 3.63) is 57.6 Å². The van der Waals surface area contributed by atoms with Gasteiger partial charge in [0.25, 0.3) is 0 Å². The minimum absolute atomic E-state index is 0.386. The molecule has 0 atom stereocenters. The molecule has 1 amide bonds. The van der Waals surface area contributed by atoms with Crippen molar-refractivity contribution in [1.29, 1.82) is 0 Å². The molecule has 104 valence electrons. The fourth-order valence-corrected chi connectivity index (χ4v) is 2.20. The molecule has 0 fully saturated rings.